The SMILES string of the molecule is CCOc1cc(NC(=O)c2ccc(OC)cc2)c(OCC)cc1NC(=O)Cc1cccs1. The number of carbonyl (C=O) groups excluding carboxylic acids is 2. The number of thiophene rings is 1. The molecule has 0 unspecified atom stereocenters. The molecule has 0 saturated heterocycles. The Morgan fingerprint density at radius 1 is 0.906 bits per heavy atom. The maximum absolute atomic E-state index is 12.8. The third kappa shape index (κ3) is 6.01. The van der Waals surface area contributed by atoms with Crippen molar-refractivity contribution < 1.29 is 23.8 Å². The molecule has 7 nitrogen and oxygen atoms in total. The number of hydrogen-bond donors (Lipinski definition) is 2. The first-order valence-electron chi connectivity index (χ1n) is 10.2. The predicted molar refractivity (Wildman–Crippen MR) is 126 cm³/mol. The van der Waals surface area contributed by atoms with E-state index in [0.29, 0.717) is 47.4 Å². The van der Waals surface area contributed by atoms with Crippen molar-refractivity contribution in [3.63, 3.8) is 0 Å². The summed E-state index contributed by atoms with van der Waals surface area (Å²) in [6, 6.07) is 13.9. The lowest BCUT2D eigenvalue weighted by atomic mass is 10.1. The van der Waals surface area contributed by atoms with Crippen molar-refractivity contribution in [3.05, 3.63) is 64.4 Å². The summed E-state index contributed by atoms with van der Waals surface area (Å²) in [6.45, 7) is 4.49. The minimum Gasteiger partial charge on any atom is -0.497 e. The largest absolute Gasteiger partial charge is 0.497 e. The zero-order valence-corrected chi connectivity index (χ0v) is 19.1. The van der Waals surface area contributed by atoms with Crippen molar-refractivity contribution in [2.45, 2.75) is 20.3 Å². The van der Waals surface area contributed by atoms with Crippen LogP contribution < -0.4 is 24.8 Å². The number of amides is 2. The van der Waals surface area contributed by atoms with Gasteiger partial charge in [0.25, 0.3) is 5.91 Å². The van der Waals surface area contributed by atoms with Gasteiger partial charge in [-0.15, -0.1) is 11.3 Å². The van der Waals surface area contributed by atoms with Crippen LogP contribution >= 0.6 is 11.3 Å². The molecule has 1 aromatic heterocycles. The van der Waals surface area contributed by atoms with Gasteiger partial charge in [0.1, 0.15) is 17.2 Å². The molecule has 2 N–H and O–H groups in total. The minimum absolute atomic E-state index is 0.161. The quantitative estimate of drug-likeness (QED) is 0.451. The standard InChI is InChI=1S/C24H26N2O5S/c1-4-30-21-15-20(26-24(28)16-8-10-17(29-3)11-9-16)22(31-5-2)14-19(21)25-23(27)13-18-7-6-12-32-18/h6-12,14-15H,4-5,13H2,1-3H3,(H,25,27)(H,26,28). The number of rotatable bonds is 10. The fourth-order valence-corrected chi connectivity index (χ4v) is 3.71. The molecule has 0 aliphatic rings. The number of nitrogens with one attached hydrogen (secondary N) is 2. The molecule has 0 aliphatic heterocycles. The first-order chi connectivity index (χ1) is 15.5. The van der Waals surface area contributed by atoms with E-state index in [1.807, 2.05) is 31.4 Å². The van der Waals surface area contributed by atoms with Gasteiger partial charge in [-0.25, -0.2) is 0 Å². The van der Waals surface area contributed by atoms with Crippen LogP contribution in [-0.4, -0.2) is 32.1 Å². The highest BCUT2D eigenvalue weighted by atomic mass is 32.1. The lowest BCUT2D eigenvalue weighted by Crippen LogP contribution is -2.16. The Morgan fingerprint density at radius 2 is 1.53 bits per heavy atom. The second-order valence-corrected chi connectivity index (χ2v) is 7.73. The maximum Gasteiger partial charge on any atom is 0.255 e. The summed E-state index contributed by atoms with van der Waals surface area (Å²) in [5.41, 5.74) is 1.41. The van der Waals surface area contributed by atoms with Crippen molar-refractivity contribution in [2.75, 3.05) is 31.0 Å². The molecule has 32 heavy (non-hydrogen) atoms. The van der Waals surface area contributed by atoms with Crippen LogP contribution in [0.4, 0.5) is 11.4 Å². The summed E-state index contributed by atoms with van der Waals surface area (Å²) < 4.78 is 16.6. The second kappa shape index (κ2) is 11.2. The zero-order chi connectivity index (χ0) is 22.9. The summed E-state index contributed by atoms with van der Waals surface area (Å²) in [7, 11) is 1.57. The summed E-state index contributed by atoms with van der Waals surface area (Å²) in [6.07, 6.45) is 0.267. The average molecular weight is 455 g/mol. The molecule has 1 heterocycles. The normalized spacial score (nSPS) is 10.3. The van der Waals surface area contributed by atoms with Gasteiger partial charge in [-0.05, 0) is 49.6 Å². The van der Waals surface area contributed by atoms with Gasteiger partial charge in [0.05, 0.1) is 38.1 Å². The van der Waals surface area contributed by atoms with E-state index in [4.69, 9.17) is 14.2 Å². The molecular formula is C24H26N2O5S. The summed E-state index contributed by atoms with van der Waals surface area (Å²) in [5.74, 6) is 1.08. The maximum atomic E-state index is 12.8. The Bertz CT molecular complexity index is 1050. The van der Waals surface area contributed by atoms with Gasteiger partial charge in [-0.3, -0.25) is 9.59 Å². The predicted octanol–water partition coefficient (Wildman–Crippen LogP) is 4.99. The van der Waals surface area contributed by atoms with Gasteiger partial charge in [0.2, 0.25) is 5.91 Å². The van der Waals surface area contributed by atoms with Crippen LogP contribution in [0, 0.1) is 0 Å². The van der Waals surface area contributed by atoms with E-state index in [9.17, 15) is 9.59 Å². The highest BCUT2D eigenvalue weighted by molar-refractivity contribution is 7.10. The molecule has 3 aromatic rings. The van der Waals surface area contributed by atoms with E-state index < -0.39 is 0 Å². The van der Waals surface area contributed by atoms with E-state index >= 15 is 0 Å². The van der Waals surface area contributed by atoms with E-state index in [1.165, 1.54) is 11.3 Å². The summed E-state index contributed by atoms with van der Waals surface area (Å²) >= 11 is 1.52. The third-order valence-electron chi connectivity index (χ3n) is 4.47. The minimum atomic E-state index is -0.300. The zero-order valence-electron chi connectivity index (χ0n) is 18.3. The molecule has 3 rings (SSSR count). The number of ether oxygens (including phenoxy) is 3. The molecule has 168 valence electrons. The van der Waals surface area contributed by atoms with Crippen LogP contribution in [0.1, 0.15) is 29.1 Å². The number of anilines is 2. The molecule has 0 radical (unpaired) electrons. The number of hydrogen-bond acceptors (Lipinski definition) is 6. The van der Waals surface area contributed by atoms with E-state index in [1.54, 1.807) is 43.5 Å². The van der Waals surface area contributed by atoms with Gasteiger partial charge >= 0.3 is 0 Å². The smallest absolute Gasteiger partial charge is 0.255 e. The fraction of sp³-hybridized carbons (Fsp3) is 0.250. The molecule has 0 atom stereocenters. The van der Waals surface area contributed by atoms with Crippen molar-refractivity contribution in [1.82, 2.24) is 0 Å². The lowest BCUT2D eigenvalue weighted by molar-refractivity contribution is -0.115. The highest BCUT2D eigenvalue weighted by Gasteiger charge is 2.17. The Kier molecular flexibility index (Phi) is 8.10. The molecule has 2 amide bonds. The van der Waals surface area contributed by atoms with Gasteiger partial charge < -0.3 is 24.8 Å². The summed E-state index contributed by atoms with van der Waals surface area (Å²) in [5, 5.41) is 7.69. The lowest BCUT2D eigenvalue weighted by Gasteiger charge is -2.18. The molecular weight excluding hydrogens is 428 g/mol. The molecule has 2 aromatic carbocycles. The second-order valence-electron chi connectivity index (χ2n) is 6.70. The molecule has 0 aliphatic carbocycles. The van der Waals surface area contributed by atoms with Gasteiger partial charge in [0, 0.05) is 22.6 Å². The van der Waals surface area contributed by atoms with Crippen LogP contribution in [0.3, 0.4) is 0 Å². The van der Waals surface area contributed by atoms with Gasteiger partial charge in [-0.1, -0.05) is 6.07 Å². The molecule has 0 bridgehead atoms. The Labute approximate surface area is 191 Å². The fourth-order valence-electron chi connectivity index (χ4n) is 3.01. The number of benzene rings is 2. The van der Waals surface area contributed by atoms with Crippen molar-refractivity contribution in [2.24, 2.45) is 0 Å². The van der Waals surface area contributed by atoms with E-state index in [0.717, 1.165) is 4.88 Å². The van der Waals surface area contributed by atoms with Crippen LogP contribution in [0.5, 0.6) is 17.2 Å². The first-order valence-corrected chi connectivity index (χ1v) is 11.1. The van der Waals surface area contributed by atoms with Crippen LogP contribution in [0.25, 0.3) is 0 Å². The third-order valence-corrected chi connectivity index (χ3v) is 5.35. The number of methoxy groups -OCH3 is 1. The monoisotopic (exact) mass is 454 g/mol. The van der Waals surface area contributed by atoms with Crippen molar-refractivity contribution in [3.8, 4) is 17.2 Å². The Balaban J connectivity index is 1.85. The number of carbonyl (C=O) groups is 2. The molecule has 0 saturated carbocycles. The van der Waals surface area contributed by atoms with Gasteiger partial charge in [0.15, 0.2) is 0 Å². The Hall–Kier alpha value is -3.52. The topological polar surface area (TPSA) is 85.9 Å². The van der Waals surface area contributed by atoms with Crippen molar-refractivity contribution in [1.29, 1.82) is 0 Å². The van der Waals surface area contributed by atoms with Crippen LogP contribution in [-0.2, 0) is 11.2 Å². The van der Waals surface area contributed by atoms with Gasteiger partial charge in [-0.2, -0.15) is 0 Å². The average Bonchev–Trinajstić information content (AvgIpc) is 3.29. The first kappa shape index (κ1) is 23.1. The molecule has 0 fully saturated rings. The molecule has 0 spiro atoms. The summed E-state index contributed by atoms with van der Waals surface area (Å²) in [4.78, 5) is 26.3. The van der Waals surface area contributed by atoms with Crippen LogP contribution in [0.2, 0.25) is 0 Å². The van der Waals surface area contributed by atoms with E-state index in [2.05, 4.69) is 10.6 Å². The van der Waals surface area contributed by atoms with Crippen molar-refractivity contribution >= 4 is 34.5 Å². The van der Waals surface area contributed by atoms with Crippen LogP contribution in [0.15, 0.2) is 53.9 Å². The van der Waals surface area contributed by atoms with E-state index in [-0.39, 0.29) is 18.2 Å². The molecule has 8 heteroatoms. The Morgan fingerprint density at radius 3 is 2.06 bits per heavy atom. The highest BCUT2D eigenvalue weighted by Crippen LogP contribution is 2.37.